The number of ether oxygens (including phenoxy) is 2. The highest BCUT2D eigenvalue weighted by Gasteiger charge is 2.42. The molecular formula is C20H24N2O7. The summed E-state index contributed by atoms with van der Waals surface area (Å²) in [6.07, 6.45) is -0.0226. The van der Waals surface area contributed by atoms with Crippen molar-refractivity contribution < 1.29 is 29.1 Å². The molecule has 1 aliphatic heterocycles. The average Bonchev–Trinajstić information content (AvgIpc) is 2.64. The Hall–Kier alpha value is -3.07. The highest BCUT2D eigenvalue weighted by atomic mass is 16.6. The Kier molecular flexibility index (Phi) is 7.22. The molecule has 2 atom stereocenters. The molecule has 0 saturated carbocycles. The summed E-state index contributed by atoms with van der Waals surface area (Å²) in [5.41, 5.74) is 0.860. The van der Waals surface area contributed by atoms with E-state index in [1.807, 2.05) is 13.8 Å². The van der Waals surface area contributed by atoms with E-state index in [-0.39, 0.29) is 30.6 Å². The van der Waals surface area contributed by atoms with Crippen molar-refractivity contribution in [2.75, 3.05) is 13.2 Å². The number of carboxylic acid groups (broad SMARTS) is 1. The van der Waals surface area contributed by atoms with E-state index in [1.54, 1.807) is 19.9 Å². The molecule has 0 bridgehead atoms. The van der Waals surface area contributed by atoms with Crippen molar-refractivity contribution in [1.29, 1.82) is 0 Å². The Bertz CT molecular complexity index is 873. The molecule has 0 aliphatic carbocycles. The van der Waals surface area contributed by atoms with Crippen molar-refractivity contribution >= 4 is 23.3 Å². The molecule has 2 unspecified atom stereocenters. The lowest BCUT2D eigenvalue weighted by atomic mass is 9.75. The van der Waals surface area contributed by atoms with Crippen LogP contribution in [0, 0.1) is 16.0 Å². The molecule has 1 N–H and O–H groups in total. The van der Waals surface area contributed by atoms with Crippen LogP contribution in [-0.2, 0) is 19.1 Å². The minimum atomic E-state index is -1.18. The first-order valence-electron chi connectivity index (χ1n) is 9.15. The number of allylic oxidation sites excluding steroid dienone is 1. The summed E-state index contributed by atoms with van der Waals surface area (Å²) in [6, 6.07) is 5.61. The zero-order valence-electron chi connectivity index (χ0n) is 16.7. The first-order chi connectivity index (χ1) is 13.6. The number of hydrogen-bond donors (Lipinski definition) is 1. The maximum Gasteiger partial charge on any atom is 0.336 e. The molecule has 1 aromatic rings. The van der Waals surface area contributed by atoms with Crippen molar-refractivity contribution in [2.45, 2.75) is 39.7 Å². The lowest BCUT2D eigenvalue weighted by molar-refractivity contribution is -0.384. The van der Waals surface area contributed by atoms with Crippen LogP contribution < -0.4 is 0 Å². The smallest absolute Gasteiger partial charge is 0.336 e. The summed E-state index contributed by atoms with van der Waals surface area (Å²) in [6.45, 7) is 7.04. The number of esters is 1. The number of nitrogens with zero attached hydrogens (tertiary/aromatic N) is 2. The molecule has 0 fully saturated rings. The predicted octanol–water partition coefficient (Wildman–Crippen LogP) is 3.10. The summed E-state index contributed by atoms with van der Waals surface area (Å²) in [5, 5.41) is 20.9. The summed E-state index contributed by atoms with van der Waals surface area (Å²) in [7, 11) is 0. The van der Waals surface area contributed by atoms with Crippen LogP contribution in [0.2, 0.25) is 0 Å². The van der Waals surface area contributed by atoms with Gasteiger partial charge in [-0.25, -0.2) is 4.79 Å². The number of carbonyl (C=O) groups is 2. The quantitative estimate of drug-likeness (QED) is 0.305. The van der Waals surface area contributed by atoms with Crippen LogP contribution in [-0.4, -0.2) is 47.0 Å². The van der Waals surface area contributed by atoms with Gasteiger partial charge in [-0.05, 0) is 33.3 Å². The fraction of sp³-hybridized carbons (Fsp3) is 0.450. The third-order valence-corrected chi connectivity index (χ3v) is 4.52. The first-order valence-corrected chi connectivity index (χ1v) is 9.15. The molecule has 0 aromatic heterocycles. The second-order valence-corrected chi connectivity index (χ2v) is 6.95. The van der Waals surface area contributed by atoms with E-state index in [2.05, 4.69) is 4.99 Å². The van der Waals surface area contributed by atoms with Gasteiger partial charge in [0.2, 0.25) is 0 Å². The fourth-order valence-corrected chi connectivity index (χ4v) is 3.31. The normalized spacial score (nSPS) is 19.1. The molecule has 9 nitrogen and oxygen atoms in total. The van der Waals surface area contributed by atoms with Gasteiger partial charge < -0.3 is 14.6 Å². The molecular weight excluding hydrogens is 380 g/mol. The number of carboxylic acids is 1. The average molecular weight is 404 g/mol. The molecule has 1 aromatic carbocycles. The van der Waals surface area contributed by atoms with Gasteiger partial charge in [-0.3, -0.25) is 19.9 Å². The lowest BCUT2D eigenvalue weighted by Crippen LogP contribution is -2.35. The Morgan fingerprint density at radius 1 is 1.28 bits per heavy atom. The zero-order valence-corrected chi connectivity index (χ0v) is 16.7. The van der Waals surface area contributed by atoms with E-state index in [9.17, 15) is 24.8 Å². The largest absolute Gasteiger partial charge is 0.481 e. The van der Waals surface area contributed by atoms with E-state index < -0.39 is 28.7 Å². The number of hydrogen-bond acceptors (Lipinski definition) is 7. The first kappa shape index (κ1) is 22.2. The van der Waals surface area contributed by atoms with Crippen LogP contribution in [0.25, 0.3) is 0 Å². The summed E-state index contributed by atoms with van der Waals surface area (Å²) in [5.74, 6) is -3.99. The number of nitro groups is 1. The summed E-state index contributed by atoms with van der Waals surface area (Å²) in [4.78, 5) is 39.6. The highest BCUT2D eigenvalue weighted by molar-refractivity contribution is 6.06. The Morgan fingerprint density at radius 2 is 1.97 bits per heavy atom. The van der Waals surface area contributed by atoms with Crippen LogP contribution in [0.3, 0.4) is 0 Å². The van der Waals surface area contributed by atoms with E-state index in [4.69, 9.17) is 9.47 Å². The van der Waals surface area contributed by atoms with Crippen LogP contribution in [0.15, 0.2) is 40.5 Å². The number of aliphatic carboxylic acids is 1. The minimum Gasteiger partial charge on any atom is -0.481 e. The fourth-order valence-electron chi connectivity index (χ4n) is 3.31. The third-order valence-electron chi connectivity index (χ3n) is 4.52. The summed E-state index contributed by atoms with van der Waals surface area (Å²) < 4.78 is 10.6. The number of non-ortho nitro benzene ring substituents is 1. The Labute approximate surface area is 168 Å². The van der Waals surface area contributed by atoms with Crippen molar-refractivity contribution in [3.63, 3.8) is 0 Å². The van der Waals surface area contributed by atoms with Crippen molar-refractivity contribution in [2.24, 2.45) is 10.9 Å². The van der Waals surface area contributed by atoms with Gasteiger partial charge in [-0.2, -0.15) is 0 Å². The monoisotopic (exact) mass is 404 g/mol. The minimum absolute atomic E-state index is 0.00408. The highest BCUT2D eigenvalue weighted by Crippen LogP contribution is 2.40. The number of aliphatic imine (C=N–C) groups is 1. The molecule has 1 heterocycles. The second-order valence-electron chi connectivity index (χ2n) is 6.95. The number of rotatable bonds is 8. The van der Waals surface area contributed by atoms with Crippen LogP contribution in [0.1, 0.15) is 39.2 Å². The predicted molar refractivity (Wildman–Crippen MR) is 105 cm³/mol. The molecule has 156 valence electrons. The van der Waals surface area contributed by atoms with Crippen molar-refractivity contribution in [3.05, 3.63) is 51.2 Å². The maximum atomic E-state index is 12.8. The van der Waals surface area contributed by atoms with Gasteiger partial charge in [-0.15, -0.1) is 0 Å². The van der Waals surface area contributed by atoms with E-state index in [0.29, 0.717) is 17.0 Å². The molecule has 2 rings (SSSR count). The van der Waals surface area contributed by atoms with E-state index in [1.165, 1.54) is 18.2 Å². The van der Waals surface area contributed by atoms with Crippen molar-refractivity contribution in [3.8, 4) is 0 Å². The number of nitro benzene ring substituents is 1. The van der Waals surface area contributed by atoms with E-state index >= 15 is 0 Å². The van der Waals surface area contributed by atoms with Gasteiger partial charge in [0.25, 0.3) is 5.69 Å². The van der Waals surface area contributed by atoms with Gasteiger partial charge in [0.05, 0.1) is 23.2 Å². The molecule has 0 spiro atoms. The van der Waals surface area contributed by atoms with Crippen LogP contribution >= 0.6 is 0 Å². The summed E-state index contributed by atoms with van der Waals surface area (Å²) >= 11 is 0. The second kappa shape index (κ2) is 9.42. The van der Waals surface area contributed by atoms with E-state index in [0.717, 1.165) is 0 Å². The van der Waals surface area contributed by atoms with Crippen LogP contribution in [0.4, 0.5) is 5.69 Å². The lowest BCUT2D eigenvalue weighted by Gasteiger charge is -2.30. The van der Waals surface area contributed by atoms with Gasteiger partial charge >= 0.3 is 11.9 Å². The third kappa shape index (κ3) is 5.26. The molecule has 1 aliphatic rings. The molecule has 29 heavy (non-hydrogen) atoms. The SMILES string of the molecule is CC1=NC(C)=C(C(=O)OCCOC(C)C)C(c2cccc([N+](=O)[O-])c2)C1C(=O)O. The molecule has 9 heteroatoms. The molecule has 0 radical (unpaired) electrons. The zero-order chi connectivity index (χ0) is 21.7. The van der Waals surface area contributed by atoms with Gasteiger partial charge in [0.15, 0.2) is 0 Å². The maximum absolute atomic E-state index is 12.8. The van der Waals surface area contributed by atoms with Gasteiger partial charge in [0, 0.05) is 29.5 Å². The number of carbonyl (C=O) groups excluding carboxylic acids is 1. The van der Waals surface area contributed by atoms with Gasteiger partial charge in [0.1, 0.15) is 12.5 Å². The Morgan fingerprint density at radius 3 is 2.55 bits per heavy atom. The standard InChI is InChI=1S/C20H24N2O7/c1-11(2)28-8-9-29-20(25)17-13(4)21-12(3)16(19(23)24)18(17)14-6-5-7-15(10-14)22(26)27/h5-7,10-11,16,18H,8-9H2,1-4H3,(H,23,24). The van der Waals surface area contributed by atoms with Crippen molar-refractivity contribution in [1.82, 2.24) is 0 Å². The molecule has 0 amide bonds. The Balaban J connectivity index is 2.45. The topological polar surface area (TPSA) is 128 Å². The molecule has 0 saturated heterocycles. The van der Waals surface area contributed by atoms with Crippen LogP contribution in [0.5, 0.6) is 0 Å². The number of benzene rings is 1. The van der Waals surface area contributed by atoms with Gasteiger partial charge in [-0.1, -0.05) is 12.1 Å².